The first-order valence-corrected chi connectivity index (χ1v) is 29.8. The molecule has 11 aromatic rings. The fourth-order valence-corrected chi connectivity index (χ4v) is 15.0. The summed E-state index contributed by atoms with van der Waals surface area (Å²) in [5.74, 6) is 1.85. The van der Waals surface area contributed by atoms with Crippen LogP contribution in [0.2, 0.25) is 0 Å². The highest BCUT2D eigenvalue weighted by Gasteiger charge is 2.34. The van der Waals surface area contributed by atoms with E-state index in [4.69, 9.17) is 8.83 Å². The maximum Gasteiger partial charge on any atom is 0.159 e. The third kappa shape index (κ3) is 7.98. The van der Waals surface area contributed by atoms with Gasteiger partial charge in [-0.2, -0.15) is 0 Å². The lowest BCUT2D eigenvalue weighted by molar-refractivity contribution is 0.442. The number of benzene rings is 9. The third-order valence-electron chi connectivity index (χ3n) is 18.8. The van der Waals surface area contributed by atoms with Crippen molar-refractivity contribution in [3.05, 3.63) is 190 Å². The summed E-state index contributed by atoms with van der Waals surface area (Å²) in [6.07, 6.45) is 14.7. The highest BCUT2D eigenvalue weighted by Crippen LogP contribution is 2.55. The molecule has 3 aliphatic carbocycles. The number of furan rings is 2. The Hall–Kier alpha value is -7.30. The summed E-state index contributed by atoms with van der Waals surface area (Å²) in [7, 11) is 0. The molecule has 392 valence electrons. The van der Waals surface area contributed by atoms with Crippen molar-refractivity contribution in [1.82, 2.24) is 0 Å². The summed E-state index contributed by atoms with van der Waals surface area (Å²) < 4.78 is 14.8. The van der Waals surface area contributed by atoms with Gasteiger partial charge in [0.25, 0.3) is 0 Å². The highest BCUT2D eigenvalue weighted by atomic mass is 16.3. The molecular formula is C74H74N2O2. The molecule has 2 saturated carbocycles. The Bertz CT molecular complexity index is 4140. The Morgan fingerprint density at radius 1 is 0.410 bits per heavy atom. The average Bonchev–Trinajstić information content (AvgIpc) is 4.10. The zero-order valence-electron chi connectivity index (χ0n) is 46.9. The van der Waals surface area contributed by atoms with E-state index in [0.717, 1.165) is 57.9 Å². The van der Waals surface area contributed by atoms with Crippen LogP contribution >= 0.6 is 0 Å². The quantitative estimate of drug-likeness (QED) is 0.128. The molecule has 2 fully saturated rings. The second-order valence-electron chi connectivity index (χ2n) is 24.5. The van der Waals surface area contributed by atoms with Crippen LogP contribution in [0.3, 0.4) is 0 Å². The monoisotopic (exact) mass is 1020 g/mol. The minimum atomic E-state index is 0.251. The largest absolute Gasteiger partial charge is 0.454 e. The smallest absolute Gasteiger partial charge is 0.159 e. The van der Waals surface area contributed by atoms with E-state index in [0.29, 0.717) is 11.8 Å². The Morgan fingerprint density at radius 3 is 1.38 bits per heavy atom. The number of aryl methyl sites for hydroxylation is 3. The highest BCUT2D eigenvalue weighted by molar-refractivity contribution is 6.20. The summed E-state index contributed by atoms with van der Waals surface area (Å²) in [6, 6.07) is 55.9. The van der Waals surface area contributed by atoms with Crippen LogP contribution in [0.1, 0.15) is 179 Å². The van der Waals surface area contributed by atoms with Crippen molar-refractivity contribution in [2.24, 2.45) is 0 Å². The molecule has 2 heterocycles. The van der Waals surface area contributed by atoms with Crippen LogP contribution in [0.25, 0.3) is 65.4 Å². The number of hydrogen-bond acceptors (Lipinski definition) is 4. The number of anilines is 6. The van der Waals surface area contributed by atoms with Gasteiger partial charge in [-0.15, -0.1) is 0 Å². The zero-order valence-corrected chi connectivity index (χ0v) is 46.9. The van der Waals surface area contributed by atoms with Gasteiger partial charge in [0.1, 0.15) is 11.2 Å². The minimum absolute atomic E-state index is 0.251. The van der Waals surface area contributed by atoms with E-state index in [2.05, 4.69) is 204 Å². The van der Waals surface area contributed by atoms with Gasteiger partial charge in [-0.05, 0) is 191 Å². The summed E-state index contributed by atoms with van der Waals surface area (Å²) in [5, 5.41) is 10.2. The van der Waals surface area contributed by atoms with E-state index in [1.54, 1.807) is 0 Å². The van der Waals surface area contributed by atoms with Crippen molar-refractivity contribution in [2.45, 2.75) is 155 Å². The molecule has 3 aliphatic rings. The molecule has 0 spiro atoms. The van der Waals surface area contributed by atoms with Crippen LogP contribution in [0.4, 0.5) is 34.1 Å². The van der Waals surface area contributed by atoms with E-state index in [1.807, 2.05) is 0 Å². The number of fused-ring (bicyclic) bond motifs is 6. The molecule has 0 N–H and O–H groups in total. The lowest BCUT2D eigenvalue weighted by atomic mass is 9.83. The van der Waals surface area contributed by atoms with Crippen LogP contribution in [-0.4, -0.2) is 0 Å². The van der Waals surface area contributed by atoms with Crippen LogP contribution in [0, 0.1) is 13.8 Å². The van der Waals surface area contributed by atoms with Gasteiger partial charge in [0.05, 0.1) is 22.7 Å². The molecule has 1 atom stereocenters. The Morgan fingerprint density at radius 2 is 0.872 bits per heavy atom. The summed E-state index contributed by atoms with van der Waals surface area (Å²) in [6.45, 7) is 16.5. The normalized spacial score (nSPS) is 16.6. The van der Waals surface area contributed by atoms with Crippen LogP contribution in [-0.2, 0) is 6.42 Å². The molecule has 4 nitrogen and oxygen atoms in total. The molecule has 0 aliphatic heterocycles. The molecule has 4 heteroatoms. The molecular weight excluding hydrogens is 949 g/mol. The standard InChI is InChI=1S/C74H74N2O2/c1-44(2)62-42-66(75(51-26-14-20-46(5)40-51)64-34-18-32-59-57-30-16-28-53(71(57)77-73(59)64)49-22-10-8-11-23-49)61-39-38-56-63(45(3)4)43-67(68-48(7)36-37-55(62)69(61)70(56)68)76(52-27-15-21-47(6)41-52)65-35-19-33-60-58-31-17-29-54(72(58)78-74(60)65)50-24-12-9-13-25-50/h14-21,26-35,38-45,48-50H,8-13,22-25,36-37H2,1-7H3. The number of hydrogen-bond donors (Lipinski definition) is 0. The van der Waals surface area contributed by atoms with Gasteiger partial charge in [0, 0.05) is 38.3 Å². The van der Waals surface area contributed by atoms with Gasteiger partial charge in [-0.3, -0.25) is 0 Å². The third-order valence-corrected chi connectivity index (χ3v) is 18.8. The molecule has 2 aromatic heterocycles. The van der Waals surface area contributed by atoms with E-state index < -0.39 is 0 Å². The van der Waals surface area contributed by atoms with Gasteiger partial charge in [0.2, 0.25) is 0 Å². The summed E-state index contributed by atoms with van der Waals surface area (Å²) >= 11 is 0. The number of nitrogens with zero attached hydrogens (tertiary/aromatic N) is 2. The predicted octanol–water partition coefficient (Wildman–Crippen LogP) is 22.7. The predicted molar refractivity (Wildman–Crippen MR) is 331 cm³/mol. The van der Waals surface area contributed by atoms with Gasteiger partial charge >= 0.3 is 0 Å². The van der Waals surface area contributed by atoms with Gasteiger partial charge in [0.15, 0.2) is 11.2 Å². The average molecular weight is 1020 g/mol. The molecule has 0 saturated heterocycles. The molecule has 0 amide bonds. The van der Waals surface area contributed by atoms with Crippen LogP contribution in [0.5, 0.6) is 0 Å². The van der Waals surface area contributed by atoms with Gasteiger partial charge in [-0.1, -0.05) is 170 Å². The summed E-state index contributed by atoms with van der Waals surface area (Å²) in [4.78, 5) is 5.15. The molecule has 9 aromatic carbocycles. The number of para-hydroxylation sites is 4. The topological polar surface area (TPSA) is 32.8 Å². The van der Waals surface area contributed by atoms with Crippen molar-refractivity contribution >= 4 is 99.5 Å². The van der Waals surface area contributed by atoms with E-state index >= 15 is 0 Å². The van der Waals surface area contributed by atoms with Gasteiger partial charge in [-0.25, -0.2) is 0 Å². The lowest BCUT2D eigenvalue weighted by Gasteiger charge is -2.32. The molecule has 0 bridgehead atoms. The maximum atomic E-state index is 7.40. The molecule has 1 unspecified atom stereocenters. The first-order valence-electron chi connectivity index (χ1n) is 29.8. The Labute approximate surface area is 461 Å². The Kier molecular flexibility index (Phi) is 12.3. The first kappa shape index (κ1) is 49.0. The van der Waals surface area contributed by atoms with Crippen molar-refractivity contribution in [2.75, 3.05) is 9.80 Å². The lowest BCUT2D eigenvalue weighted by Crippen LogP contribution is -2.15. The minimum Gasteiger partial charge on any atom is -0.454 e. The molecule has 0 radical (unpaired) electrons. The molecule has 78 heavy (non-hydrogen) atoms. The Balaban J connectivity index is 1.07. The van der Waals surface area contributed by atoms with Crippen LogP contribution in [0.15, 0.2) is 154 Å². The van der Waals surface area contributed by atoms with Gasteiger partial charge < -0.3 is 18.6 Å². The zero-order chi connectivity index (χ0) is 52.9. The summed E-state index contributed by atoms with van der Waals surface area (Å²) in [5.41, 5.74) is 21.8. The van der Waals surface area contributed by atoms with E-state index in [9.17, 15) is 0 Å². The van der Waals surface area contributed by atoms with Crippen LogP contribution < -0.4 is 9.80 Å². The van der Waals surface area contributed by atoms with Crippen molar-refractivity contribution in [1.29, 1.82) is 0 Å². The molecule has 14 rings (SSSR count). The van der Waals surface area contributed by atoms with Crippen molar-refractivity contribution in [3.8, 4) is 0 Å². The fourth-order valence-electron chi connectivity index (χ4n) is 15.0. The SMILES string of the molecule is Cc1cccc(N(c2cc(C(C)C)c3ccc4c(N(c5cccc(C)c5)c5cccc6c5oc5c(C7CCCCC7)cccc56)cc(C(C)C)c5c4c3c2C(C)CC5)c2cccc3c2oc2c(C4CCCCC4)cccc23)c1. The van der Waals surface area contributed by atoms with Crippen molar-refractivity contribution < 1.29 is 8.83 Å². The first-order chi connectivity index (χ1) is 38.1. The van der Waals surface area contributed by atoms with Crippen molar-refractivity contribution in [3.63, 3.8) is 0 Å². The van der Waals surface area contributed by atoms with E-state index in [-0.39, 0.29) is 17.8 Å². The second kappa shape index (κ2) is 19.6. The van der Waals surface area contributed by atoms with E-state index in [1.165, 1.54) is 163 Å². The fraction of sp³-hybridized carbons (Fsp3) is 0.324. The number of rotatable bonds is 10. The maximum absolute atomic E-state index is 7.40. The second-order valence-corrected chi connectivity index (χ2v) is 24.5.